The van der Waals surface area contributed by atoms with Crippen LogP contribution < -0.4 is 0 Å². The first-order valence-corrected chi connectivity index (χ1v) is 13.7. The highest BCUT2D eigenvalue weighted by molar-refractivity contribution is 9.10. The van der Waals surface area contributed by atoms with Crippen LogP contribution in [0.1, 0.15) is 25.6 Å². The van der Waals surface area contributed by atoms with Gasteiger partial charge in [-0.3, -0.25) is 0 Å². The average Bonchev–Trinajstić information content (AvgIpc) is 3.56. The molecule has 0 aliphatic carbocycles. The number of aromatic nitrogens is 6. The number of halogens is 5. The Morgan fingerprint density at radius 3 is 2.59 bits per heavy atom. The molecule has 0 amide bonds. The Labute approximate surface area is 240 Å². The fourth-order valence-corrected chi connectivity index (χ4v) is 5.75. The third-order valence-electron chi connectivity index (χ3n) is 7.69. The zero-order valence-corrected chi connectivity index (χ0v) is 23.8. The van der Waals surface area contributed by atoms with Crippen LogP contribution in [0.5, 0.6) is 0 Å². The monoisotopic (exact) mass is 646 g/mol. The summed E-state index contributed by atoms with van der Waals surface area (Å²) in [4.78, 5) is 0. The SMILES string of the molecule is CO[C@@H]1[C@@H](n2cc(-c3ccc(Br)c(F)c3F)nn2)[C@H]2OC(C)(C)OC[C@H]2O[C@@H]1Cc1cn(C2(C(F)F)COC2)nn1. The number of hydrogen-bond acceptors (Lipinski definition) is 9. The molecule has 3 aliphatic heterocycles. The second-order valence-electron chi connectivity index (χ2n) is 10.8. The van der Waals surface area contributed by atoms with Crippen molar-refractivity contribution >= 4 is 15.9 Å². The van der Waals surface area contributed by atoms with E-state index in [9.17, 15) is 17.6 Å². The van der Waals surface area contributed by atoms with Crippen molar-refractivity contribution in [2.75, 3.05) is 26.9 Å². The quantitative estimate of drug-likeness (QED) is 0.282. The molecule has 0 radical (unpaired) electrons. The Morgan fingerprint density at radius 1 is 1.12 bits per heavy atom. The van der Waals surface area contributed by atoms with Crippen LogP contribution in [0.4, 0.5) is 17.6 Å². The number of benzene rings is 1. The fraction of sp³-hybridized carbons (Fsp3) is 0.600. The predicted octanol–water partition coefficient (Wildman–Crippen LogP) is 3.29. The van der Waals surface area contributed by atoms with Gasteiger partial charge in [-0.1, -0.05) is 10.4 Å². The van der Waals surface area contributed by atoms with Gasteiger partial charge in [0.05, 0.1) is 42.3 Å². The number of ether oxygens (including phenoxy) is 5. The van der Waals surface area contributed by atoms with Crippen LogP contribution in [0.15, 0.2) is 29.0 Å². The van der Waals surface area contributed by atoms with Gasteiger partial charge in [0.25, 0.3) is 6.43 Å². The van der Waals surface area contributed by atoms with Crippen LogP contribution in [-0.2, 0) is 35.6 Å². The largest absolute Gasteiger partial charge is 0.376 e. The van der Waals surface area contributed by atoms with E-state index in [4.69, 9.17) is 23.7 Å². The minimum atomic E-state index is -2.68. The second-order valence-corrected chi connectivity index (χ2v) is 11.6. The van der Waals surface area contributed by atoms with Crippen LogP contribution in [0.2, 0.25) is 0 Å². The number of rotatable bonds is 7. The third-order valence-corrected chi connectivity index (χ3v) is 8.30. The van der Waals surface area contributed by atoms with Crippen LogP contribution in [0, 0.1) is 11.6 Å². The summed E-state index contributed by atoms with van der Waals surface area (Å²) in [6.07, 6.45) is -2.11. The number of fused-ring (bicyclic) bond motifs is 1. The summed E-state index contributed by atoms with van der Waals surface area (Å²) in [5, 5.41) is 16.4. The molecule has 3 saturated heterocycles. The van der Waals surface area contributed by atoms with E-state index in [0.29, 0.717) is 5.69 Å². The minimum Gasteiger partial charge on any atom is -0.376 e. The molecule has 0 N–H and O–H groups in total. The molecule has 3 fully saturated rings. The normalized spacial score (nSPS) is 28.9. The average molecular weight is 647 g/mol. The molecule has 1 aromatic carbocycles. The van der Waals surface area contributed by atoms with E-state index in [0.717, 1.165) is 4.68 Å². The molecule has 5 atom stereocenters. The molecule has 0 saturated carbocycles. The highest BCUT2D eigenvalue weighted by atomic mass is 79.9. The van der Waals surface area contributed by atoms with Gasteiger partial charge in [-0.15, -0.1) is 10.2 Å². The lowest BCUT2D eigenvalue weighted by Crippen LogP contribution is -2.62. The molecule has 0 unspecified atom stereocenters. The van der Waals surface area contributed by atoms with E-state index in [1.165, 1.54) is 36.3 Å². The van der Waals surface area contributed by atoms with Crippen molar-refractivity contribution in [1.82, 2.24) is 30.0 Å². The van der Waals surface area contributed by atoms with E-state index in [-0.39, 0.29) is 42.0 Å². The lowest BCUT2D eigenvalue weighted by atomic mass is 9.89. The number of hydrogen-bond donors (Lipinski definition) is 0. The molecule has 3 aliphatic rings. The van der Waals surface area contributed by atoms with Crippen LogP contribution in [0.3, 0.4) is 0 Å². The third kappa shape index (κ3) is 4.97. The highest BCUT2D eigenvalue weighted by Gasteiger charge is 2.54. The zero-order chi connectivity index (χ0) is 29.1. The van der Waals surface area contributed by atoms with Crippen molar-refractivity contribution in [1.29, 1.82) is 0 Å². The summed E-state index contributed by atoms with van der Waals surface area (Å²) < 4.78 is 88.6. The Balaban J connectivity index is 1.33. The fourth-order valence-electron chi connectivity index (χ4n) is 5.44. The van der Waals surface area contributed by atoms with Crippen molar-refractivity contribution in [3.05, 3.63) is 46.3 Å². The summed E-state index contributed by atoms with van der Waals surface area (Å²) >= 11 is 2.98. The Hall–Kier alpha value is -2.50. The Bertz CT molecular complexity index is 1420. The minimum absolute atomic E-state index is 0.0141. The first kappa shape index (κ1) is 28.6. The highest BCUT2D eigenvalue weighted by Crippen LogP contribution is 2.41. The summed E-state index contributed by atoms with van der Waals surface area (Å²) in [6.45, 7) is 3.39. The number of alkyl halides is 2. The summed E-state index contributed by atoms with van der Waals surface area (Å²) in [5.74, 6) is -3.06. The maximum Gasteiger partial charge on any atom is 0.268 e. The molecule has 11 nitrogen and oxygen atoms in total. The smallest absolute Gasteiger partial charge is 0.268 e. The molecule has 2 aromatic heterocycles. The van der Waals surface area contributed by atoms with Crippen LogP contribution >= 0.6 is 15.9 Å². The topological polar surface area (TPSA) is 108 Å². The lowest BCUT2D eigenvalue weighted by Gasteiger charge is -2.51. The van der Waals surface area contributed by atoms with Crippen molar-refractivity contribution in [2.24, 2.45) is 0 Å². The first-order chi connectivity index (χ1) is 19.5. The van der Waals surface area contributed by atoms with Gasteiger partial charge in [-0.25, -0.2) is 26.9 Å². The van der Waals surface area contributed by atoms with Gasteiger partial charge in [-0.05, 0) is 41.9 Å². The number of nitrogens with zero attached hydrogens (tertiary/aromatic N) is 6. The summed E-state index contributed by atoms with van der Waals surface area (Å²) in [5.41, 5.74) is -1.10. The van der Waals surface area contributed by atoms with Crippen molar-refractivity contribution in [3.8, 4) is 11.3 Å². The lowest BCUT2D eigenvalue weighted by molar-refractivity contribution is -0.349. The van der Waals surface area contributed by atoms with Gasteiger partial charge in [0.1, 0.15) is 30.0 Å². The Kier molecular flexibility index (Phi) is 7.43. The molecular formula is C25H27BrF4N6O5. The van der Waals surface area contributed by atoms with Gasteiger partial charge in [-0.2, -0.15) is 0 Å². The molecule has 0 spiro atoms. The predicted molar refractivity (Wildman–Crippen MR) is 135 cm³/mol. The van der Waals surface area contributed by atoms with Crippen LogP contribution in [0.25, 0.3) is 11.3 Å². The van der Waals surface area contributed by atoms with Crippen molar-refractivity contribution in [3.63, 3.8) is 0 Å². The molecule has 3 aromatic rings. The maximum absolute atomic E-state index is 14.7. The second kappa shape index (κ2) is 10.6. The number of methoxy groups -OCH3 is 1. The molecular weight excluding hydrogens is 620 g/mol. The van der Waals surface area contributed by atoms with Gasteiger partial charge in [0.2, 0.25) is 0 Å². The summed E-state index contributed by atoms with van der Waals surface area (Å²) in [7, 11) is 1.49. The van der Waals surface area contributed by atoms with Gasteiger partial charge in [0, 0.05) is 25.3 Å². The van der Waals surface area contributed by atoms with Crippen molar-refractivity contribution in [2.45, 2.75) is 68.5 Å². The van der Waals surface area contributed by atoms with Gasteiger partial charge in [0.15, 0.2) is 23.0 Å². The molecule has 222 valence electrons. The van der Waals surface area contributed by atoms with Crippen LogP contribution in [-0.4, -0.2) is 93.5 Å². The van der Waals surface area contributed by atoms with E-state index in [1.807, 2.05) is 0 Å². The molecule has 6 rings (SSSR count). The standard InChI is InChI=1S/C25H27BrF4N6O5/c1-24(2)39-9-17-22(41-24)20(35-8-15(32-33-35)13-4-5-14(26)19(28)18(13)27)21(37-3)16(40-17)6-12-7-36(34-31-12)25(23(29)30)10-38-11-25/h4-5,7-8,16-17,20-23H,6,9-11H2,1-3H3/t16-,17-,20-,21+,22+/m1/s1. The van der Waals surface area contributed by atoms with E-state index >= 15 is 0 Å². The van der Waals surface area contributed by atoms with E-state index in [1.54, 1.807) is 13.8 Å². The molecule has 0 bridgehead atoms. The van der Waals surface area contributed by atoms with E-state index < -0.39 is 59.8 Å². The molecule has 41 heavy (non-hydrogen) atoms. The van der Waals surface area contributed by atoms with Gasteiger partial charge < -0.3 is 23.7 Å². The maximum atomic E-state index is 14.7. The van der Waals surface area contributed by atoms with Crippen molar-refractivity contribution < 1.29 is 41.2 Å². The summed E-state index contributed by atoms with van der Waals surface area (Å²) in [6, 6.07) is 2.15. The zero-order valence-electron chi connectivity index (χ0n) is 22.2. The van der Waals surface area contributed by atoms with Gasteiger partial charge >= 0.3 is 0 Å². The molecule has 16 heteroatoms. The first-order valence-electron chi connectivity index (χ1n) is 12.9. The van der Waals surface area contributed by atoms with E-state index in [2.05, 4.69) is 36.6 Å². The molecule has 5 heterocycles. The Morgan fingerprint density at radius 2 is 1.90 bits per heavy atom.